The fourth-order valence-electron chi connectivity index (χ4n) is 1.31. The third-order valence-corrected chi connectivity index (χ3v) is 2.30. The van der Waals surface area contributed by atoms with Crippen LogP contribution in [-0.4, -0.2) is 13.2 Å². The van der Waals surface area contributed by atoms with Gasteiger partial charge in [0, 0.05) is 32.7 Å². The Kier molecular flexibility index (Phi) is 9.20. The van der Waals surface area contributed by atoms with Crippen LogP contribution >= 0.6 is 0 Å². The van der Waals surface area contributed by atoms with Gasteiger partial charge in [-0.25, -0.2) is 0 Å². The van der Waals surface area contributed by atoms with Crippen molar-refractivity contribution in [3.05, 3.63) is 35.6 Å². The van der Waals surface area contributed by atoms with Crippen LogP contribution in [0.2, 0.25) is 0 Å². The summed E-state index contributed by atoms with van der Waals surface area (Å²) in [6.45, 7) is 5.63. The second-order valence-electron chi connectivity index (χ2n) is 4.17. The third-order valence-electron chi connectivity index (χ3n) is 2.30. The minimum absolute atomic E-state index is 0. The maximum Gasteiger partial charge on any atom is 0.119 e. The Morgan fingerprint density at radius 1 is 1.19 bits per heavy atom. The molecule has 3 heteroatoms. The van der Waals surface area contributed by atoms with Crippen LogP contribution in [0.15, 0.2) is 24.3 Å². The standard InChI is InChI=1S/C13H20NO.Y/c1-11(2)8-10-15-13-5-3-12(4-6-13)7-9-14;/h3-6,11,14H,7-10H2,1-2H3;/q-1;. The number of ether oxygens (including phenoxy) is 1. The van der Waals surface area contributed by atoms with Crippen molar-refractivity contribution in [1.29, 1.82) is 0 Å². The summed E-state index contributed by atoms with van der Waals surface area (Å²) < 4.78 is 5.60. The van der Waals surface area contributed by atoms with Gasteiger partial charge < -0.3 is 10.5 Å². The number of nitrogens with one attached hydrogen (secondary N) is 1. The molecule has 0 saturated heterocycles. The van der Waals surface area contributed by atoms with E-state index in [0.29, 0.717) is 12.5 Å². The molecule has 0 saturated carbocycles. The predicted molar refractivity (Wildman–Crippen MR) is 64.3 cm³/mol. The molecule has 0 heterocycles. The molecule has 0 aliphatic rings. The molecular weight excluding hydrogens is 275 g/mol. The molecule has 0 aliphatic carbocycles. The van der Waals surface area contributed by atoms with Crippen LogP contribution in [0, 0.1) is 5.92 Å². The molecule has 1 N–H and O–H groups in total. The molecule has 1 aromatic carbocycles. The molecule has 87 valence electrons. The summed E-state index contributed by atoms with van der Waals surface area (Å²) in [6.07, 6.45) is 1.92. The van der Waals surface area contributed by atoms with Gasteiger partial charge in [-0.05, 0) is 36.5 Å². The van der Waals surface area contributed by atoms with Crippen molar-refractivity contribution in [2.24, 2.45) is 5.92 Å². The van der Waals surface area contributed by atoms with Crippen LogP contribution in [0.5, 0.6) is 5.75 Å². The molecule has 0 aromatic heterocycles. The van der Waals surface area contributed by atoms with Crippen LogP contribution in [0.3, 0.4) is 0 Å². The zero-order chi connectivity index (χ0) is 11.1. The van der Waals surface area contributed by atoms with Crippen LogP contribution < -0.4 is 4.74 Å². The van der Waals surface area contributed by atoms with Gasteiger partial charge in [0.2, 0.25) is 0 Å². The van der Waals surface area contributed by atoms with E-state index in [9.17, 15) is 0 Å². The maximum absolute atomic E-state index is 7.12. The van der Waals surface area contributed by atoms with Crippen molar-refractivity contribution in [2.75, 3.05) is 13.2 Å². The Balaban J connectivity index is 0.00000225. The van der Waals surface area contributed by atoms with Crippen molar-refractivity contribution < 1.29 is 37.4 Å². The van der Waals surface area contributed by atoms with Gasteiger partial charge in [-0.3, -0.25) is 0 Å². The molecule has 0 bridgehead atoms. The SMILES string of the molecule is CC(C)CCOc1ccc(CC[NH-])cc1.[Y]. The molecule has 0 unspecified atom stereocenters. The quantitative estimate of drug-likeness (QED) is 0.787. The summed E-state index contributed by atoms with van der Waals surface area (Å²) in [7, 11) is 0. The Hall–Kier alpha value is 0.0839. The van der Waals surface area contributed by atoms with Crippen molar-refractivity contribution in [3.63, 3.8) is 0 Å². The van der Waals surface area contributed by atoms with Gasteiger partial charge in [0.1, 0.15) is 5.75 Å². The maximum atomic E-state index is 7.12. The van der Waals surface area contributed by atoms with Crippen molar-refractivity contribution in [2.45, 2.75) is 26.7 Å². The monoisotopic (exact) mass is 295 g/mol. The van der Waals surface area contributed by atoms with Crippen molar-refractivity contribution in [3.8, 4) is 5.75 Å². The van der Waals surface area contributed by atoms with Crippen LogP contribution in [-0.2, 0) is 39.1 Å². The Labute approximate surface area is 124 Å². The molecule has 0 spiro atoms. The Morgan fingerprint density at radius 2 is 1.81 bits per heavy atom. The van der Waals surface area contributed by atoms with E-state index in [4.69, 9.17) is 10.5 Å². The van der Waals surface area contributed by atoms with E-state index in [-0.39, 0.29) is 32.7 Å². The predicted octanol–water partition coefficient (Wildman–Crippen LogP) is 3.70. The first kappa shape index (κ1) is 16.1. The third kappa shape index (κ3) is 6.62. The fraction of sp³-hybridized carbons (Fsp3) is 0.538. The molecule has 16 heavy (non-hydrogen) atoms. The van der Waals surface area contributed by atoms with Gasteiger partial charge in [0.05, 0.1) is 6.61 Å². The molecule has 1 rings (SSSR count). The second kappa shape index (κ2) is 9.15. The van der Waals surface area contributed by atoms with Gasteiger partial charge in [0.15, 0.2) is 0 Å². The number of rotatable bonds is 6. The largest absolute Gasteiger partial charge is 0.677 e. The van der Waals surface area contributed by atoms with E-state index in [0.717, 1.165) is 25.2 Å². The van der Waals surface area contributed by atoms with E-state index < -0.39 is 0 Å². The van der Waals surface area contributed by atoms with E-state index >= 15 is 0 Å². The normalized spacial score (nSPS) is 10.0. The van der Waals surface area contributed by atoms with Gasteiger partial charge in [-0.15, -0.1) is 6.54 Å². The molecule has 2 nitrogen and oxygen atoms in total. The number of hydrogen-bond acceptors (Lipinski definition) is 1. The summed E-state index contributed by atoms with van der Waals surface area (Å²) in [5.74, 6) is 1.62. The van der Waals surface area contributed by atoms with Gasteiger partial charge in [-0.2, -0.15) is 0 Å². The molecule has 0 aliphatic heterocycles. The van der Waals surface area contributed by atoms with Gasteiger partial charge in [-0.1, -0.05) is 26.0 Å². The van der Waals surface area contributed by atoms with Crippen LogP contribution in [0.4, 0.5) is 0 Å². The number of benzene rings is 1. The Morgan fingerprint density at radius 3 is 2.31 bits per heavy atom. The van der Waals surface area contributed by atoms with E-state index in [1.807, 2.05) is 24.3 Å². The first-order valence-corrected chi connectivity index (χ1v) is 5.58. The Bertz CT molecular complexity index is 272. The first-order chi connectivity index (χ1) is 7.22. The molecule has 0 amide bonds. The van der Waals surface area contributed by atoms with Crippen LogP contribution in [0.1, 0.15) is 25.8 Å². The van der Waals surface area contributed by atoms with Gasteiger partial charge in [0.25, 0.3) is 0 Å². The minimum Gasteiger partial charge on any atom is -0.677 e. The van der Waals surface area contributed by atoms with E-state index in [1.54, 1.807) is 0 Å². The summed E-state index contributed by atoms with van der Waals surface area (Å²) in [5.41, 5.74) is 8.33. The van der Waals surface area contributed by atoms with Crippen LogP contribution in [0.25, 0.3) is 5.73 Å². The average molecular weight is 295 g/mol. The summed E-state index contributed by atoms with van der Waals surface area (Å²) >= 11 is 0. The molecule has 1 radical (unpaired) electrons. The summed E-state index contributed by atoms with van der Waals surface area (Å²) in [4.78, 5) is 0. The molecule has 0 fully saturated rings. The second-order valence-corrected chi connectivity index (χ2v) is 4.17. The van der Waals surface area contributed by atoms with Crippen molar-refractivity contribution >= 4 is 0 Å². The van der Waals surface area contributed by atoms with E-state index in [2.05, 4.69) is 13.8 Å². The minimum atomic E-state index is 0. The molecule has 0 atom stereocenters. The van der Waals surface area contributed by atoms with Crippen molar-refractivity contribution in [1.82, 2.24) is 0 Å². The topological polar surface area (TPSA) is 33.0 Å². The first-order valence-electron chi connectivity index (χ1n) is 5.58. The average Bonchev–Trinajstić information content (AvgIpc) is 2.20. The van der Waals surface area contributed by atoms with E-state index in [1.165, 1.54) is 5.56 Å². The zero-order valence-corrected chi connectivity index (χ0v) is 13.0. The summed E-state index contributed by atoms with van der Waals surface area (Å²) in [5, 5.41) is 0. The number of hydrogen-bond donors (Lipinski definition) is 0. The molecular formula is C13H20NOY-. The smallest absolute Gasteiger partial charge is 0.119 e. The fourth-order valence-corrected chi connectivity index (χ4v) is 1.31. The summed E-state index contributed by atoms with van der Waals surface area (Å²) in [6, 6.07) is 8.06. The molecule has 1 aromatic rings. The zero-order valence-electron chi connectivity index (χ0n) is 10.2. The van der Waals surface area contributed by atoms with Gasteiger partial charge >= 0.3 is 0 Å².